The molecule has 2 aliphatic rings. The standard InChI is InChI=1S/C15H27NO2/c1-11(12(2)17)16-10-6-5-8-14(16)13-7-3-4-9-15(13)18/h11-14,17H,3-10H2,1-2H3. The van der Waals surface area contributed by atoms with E-state index in [1.54, 1.807) is 0 Å². The summed E-state index contributed by atoms with van der Waals surface area (Å²) >= 11 is 0. The fourth-order valence-electron chi connectivity index (χ4n) is 3.61. The number of ketones is 1. The van der Waals surface area contributed by atoms with Gasteiger partial charge >= 0.3 is 0 Å². The first kappa shape index (κ1) is 14.0. The summed E-state index contributed by atoms with van der Waals surface area (Å²) in [4.78, 5) is 14.5. The summed E-state index contributed by atoms with van der Waals surface area (Å²) in [6, 6.07) is 0.557. The minimum atomic E-state index is -0.315. The Labute approximate surface area is 111 Å². The first-order valence-corrected chi connectivity index (χ1v) is 7.58. The van der Waals surface area contributed by atoms with Crippen LogP contribution in [0, 0.1) is 5.92 Å². The van der Waals surface area contributed by atoms with Crippen molar-refractivity contribution in [1.82, 2.24) is 4.90 Å². The summed E-state index contributed by atoms with van der Waals surface area (Å²) < 4.78 is 0. The number of Topliss-reactive ketones (excluding diaryl/α,β-unsaturated/α-hetero) is 1. The van der Waals surface area contributed by atoms with Crippen molar-refractivity contribution >= 4 is 5.78 Å². The summed E-state index contributed by atoms with van der Waals surface area (Å²) in [7, 11) is 0. The quantitative estimate of drug-likeness (QED) is 0.839. The van der Waals surface area contributed by atoms with Crippen molar-refractivity contribution in [1.29, 1.82) is 0 Å². The summed E-state index contributed by atoms with van der Waals surface area (Å²) in [5, 5.41) is 9.83. The van der Waals surface area contributed by atoms with Crippen LogP contribution in [0.2, 0.25) is 0 Å². The van der Waals surface area contributed by atoms with Crippen LogP contribution in [0.15, 0.2) is 0 Å². The maximum Gasteiger partial charge on any atom is 0.137 e. The van der Waals surface area contributed by atoms with Gasteiger partial charge in [-0.1, -0.05) is 12.8 Å². The van der Waals surface area contributed by atoms with E-state index in [2.05, 4.69) is 11.8 Å². The van der Waals surface area contributed by atoms with Gasteiger partial charge in [0.1, 0.15) is 5.78 Å². The fraction of sp³-hybridized carbons (Fsp3) is 0.933. The minimum Gasteiger partial charge on any atom is -0.392 e. The zero-order chi connectivity index (χ0) is 13.1. The highest BCUT2D eigenvalue weighted by atomic mass is 16.3. The Morgan fingerprint density at radius 2 is 1.89 bits per heavy atom. The Morgan fingerprint density at radius 1 is 1.17 bits per heavy atom. The molecular weight excluding hydrogens is 226 g/mol. The Hall–Kier alpha value is -0.410. The lowest BCUT2D eigenvalue weighted by molar-refractivity contribution is -0.129. The van der Waals surface area contributed by atoms with Crippen LogP contribution in [0.3, 0.4) is 0 Å². The fourth-order valence-corrected chi connectivity index (χ4v) is 3.61. The van der Waals surface area contributed by atoms with Crippen LogP contribution in [-0.4, -0.2) is 40.5 Å². The average molecular weight is 253 g/mol. The van der Waals surface area contributed by atoms with Crippen molar-refractivity contribution in [3.8, 4) is 0 Å². The molecule has 1 saturated carbocycles. The number of piperidine rings is 1. The molecule has 18 heavy (non-hydrogen) atoms. The van der Waals surface area contributed by atoms with Crippen LogP contribution in [0.1, 0.15) is 58.8 Å². The molecular formula is C15H27NO2. The molecule has 1 aliphatic heterocycles. The van der Waals surface area contributed by atoms with E-state index >= 15 is 0 Å². The van der Waals surface area contributed by atoms with Crippen molar-refractivity contribution in [2.45, 2.75) is 77.0 Å². The first-order valence-electron chi connectivity index (χ1n) is 7.58. The van der Waals surface area contributed by atoms with Crippen molar-refractivity contribution in [2.75, 3.05) is 6.54 Å². The summed E-state index contributed by atoms with van der Waals surface area (Å²) in [5.74, 6) is 0.705. The molecule has 1 heterocycles. The molecule has 4 unspecified atom stereocenters. The molecule has 0 radical (unpaired) electrons. The van der Waals surface area contributed by atoms with Crippen molar-refractivity contribution in [3.05, 3.63) is 0 Å². The Kier molecular flexibility index (Phi) is 4.79. The van der Waals surface area contributed by atoms with E-state index < -0.39 is 0 Å². The predicted octanol–water partition coefficient (Wildman–Crippen LogP) is 2.37. The molecule has 0 aromatic rings. The van der Waals surface area contributed by atoms with E-state index in [4.69, 9.17) is 0 Å². The number of nitrogens with zero attached hydrogens (tertiary/aromatic N) is 1. The molecule has 2 rings (SSSR count). The van der Waals surface area contributed by atoms with Crippen LogP contribution >= 0.6 is 0 Å². The molecule has 0 spiro atoms. The Bertz CT molecular complexity index is 290. The molecule has 0 amide bonds. The number of carbonyl (C=O) groups excluding carboxylic acids is 1. The van der Waals surface area contributed by atoms with Gasteiger partial charge in [0.15, 0.2) is 0 Å². The topological polar surface area (TPSA) is 40.5 Å². The van der Waals surface area contributed by atoms with E-state index in [0.717, 1.165) is 32.2 Å². The van der Waals surface area contributed by atoms with Gasteiger partial charge in [-0.15, -0.1) is 0 Å². The second-order valence-electron chi connectivity index (χ2n) is 6.10. The van der Waals surface area contributed by atoms with Crippen LogP contribution in [0.25, 0.3) is 0 Å². The van der Waals surface area contributed by atoms with Gasteiger partial charge in [-0.05, 0) is 46.1 Å². The summed E-state index contributed by atoms with van der Waals surface area (Å²) in [5.41, 5.74) is 0. The molecule has 0 aromatic heterocycles. The largest absolute Gasteiger partial charge is 0.392 e. The van der Waals surface area contributed by atoms with Crippen molar-refractivity contribution in [3.63, 3.8) is 0 Å². The molecule has 0 bridgehead atoms. The lowest BCUT2D eigenvalue weighted by atomic mass is 9.78. The van der Waals surface area contributed by atoms with E-state index in [9.17, 15) is 9.90 Å². The monoisotopic (exact) mass is 253 g/mol. The van der Waals surface area contributed by atoms with Gasteiger partial charge in [0.05, 0.1) is 6.10 Å². The third-order valence-electron chi connectivity index (χ3n) is 4.88. The number of likely N-dealkylation sites (tertiary alicyclic amines) is 1. The van der Waals surface area contributed by atoms with Crippen LogP contribution in [0.4, 0.5) is 0 Å². The lowest BCUT2D eigenvalue weighted by Gasteiger charge is -2.45. The van der Waals surface area contributed by atoms with Crippen LogP contribution in [-0.2, 0) is 4.79 Å². The van der Waals surface area contributed by atoms with Gasteiger partial charge in [0.25, 0.3) is 0 Å². The van der Waals surface area contributed by atoms with Gasteiger partial charge in [0, 0.05) is 24.4 Å². The average Bonchev–Trinajstić information content (AvgIpc) is 2.38. The molecule has 3 nitrogen and oxygen atoms in total. The molecule has 104 valence electrons. The van der Waals surface area contributed by atoms with Crippen LogP contribution < -0.4 is 0 Å². The molecule has 1 aliphatic carbocycles. The van der Waals surface area contributed by atoms with Gasteiger partial charge in [-0.25, -0.2) is 0 Å². The van der Waals surface area contributed by atoms with Gasteiger partial charge in [0.2, 0.25) is 0 Å². The Balaban J connectivity index is 2.09. The number of hydrogen-bond acceptors (Lipinski definition) is 3. The minimum absolute atomic E-state index is 0.171. The number of hydrogen-bond donors (Lipinski definition) is 1. The van der Waals surface area contributed by atoms with Crippen LogP contribution in [0.5, 0.6) is 0 Å². The second kappa shape index (κ2) is 6.16. The molecule has 3 heteroatoms. The SMILES string of the molecule is CC(O)C(C)N1CCCCC1C1CCCCC1=O. The molecule has 0 aromatic carbocycles. The lowest BCUT2D eigenvalue weighted by Crippen LogP contribution is -2.53. The van der Waals surface area contributed by atoms with E-state index in [1.165, 1.54) is 19.3 Å². The molecule has 1 N–H and O–H groups in total. The maximum atomic E-state index is 12.1. The third-order valence-corrected chi connectivity index (χ3v) is 4.88. The van der Waals surface area contributed by atoms with Gasteiger partial charge in [-0.2, -0.15) is 0 Å². The predicted molar refractivity (Wildman–Crippen MR) is 72.5 cm³/mol. The zero-order valence-electron chi connectivity index (χ0n) is 11.8. The zero-order valence-corrected chi connectivity index (χ0v) is 11.8. The van der Waals surface area contributed by atoms with E-state index in [0.29, 0.717) is 11.8 Å². The number of rotatable bonds is 3. The third kappa shape index (κ3) is 2.94. The number of aliphatic hydroxyl groups is 1. The normalized spacial score (nSPS) is 34.3. The molecule has 1 saturated heterocycles. The number of carbonyl (C=O) groups is 1. The highest BCUT2D eigenvalue weighted by Crippen LogP contribution is 2.33. The van der Waals surface area contributed by atoms with Gasteiger partial charge in [-0.3, -0.25) is 9.69 Å². The Morgan fingerprint density at radius 3 is 2.56 bits per heavy atom. The van der Waals surface area contributed by atoms with E-state index in [1.807, 2.05) is 6.92 Å². The van der Waals surface area contributed by atoms with Gasteiger partial charge < -0.3 is 5.11 Å². The number of aliphatic hydroxyl groups excluding tert-OH is 1. The first-order chi connectivity index (χ1) is 8.61. The smallest absolute Gasteiger partial charge is 0.137 e. The highest BCUT2D eigenvalue weighted by Gasteiger charge is 2.37. The maximum absolute atomic E-state index is 12.1. The summed E-state index contributed by atoms with van der Waals surface area (Å²) in [6.45, 7) is 5.00. The second-order valence-corrected chi connectivity index (χ2v) is 6.10. The summed E-state index contributed by atoms with van der Waals surface area (Å²) in [6.07, 6.45) is 7.37. The molecule has 2 fully saturated rings. The molecule has 4 atom stereocenters. The van der Waals surface area contributed by atoms with E-state index in [-0.39, 0.29) is 18.1 Å². The van der Waals surface area contributed by atoms with Crippen molar-refractivity contribution in [2.24, 2.45) is 5.92 Å². The van der Waals surface area contributed by atoms with Crippen molar-refractivity contribution < 1.29 is 9.90 Å². The highest BCUT2D eigenvalue weighted by molar-refractivity contribution is 5.82.